The molecule has 5 aliphatic heterocycles. The van der Waals surface area contributed by atoms with Crippen molar-refractivity contribution in [1.29, 1.82) is 0 Å². The number of aromatic carboxylic acids is 1. The van der Waals surface area contributed by atoms with Gasteiger partial charge in [0.05, 0.1) is 73.7 Å². The van der Waals surface area contributed by atoms with Crippen molar-refractivity contribution < 1.29 is 86.3 Å². The van der Waals surface area contributed by atoms with E-state index < -0.39 is 125 Å². The third kappa shape index (κ3) is 13.1. The Morgan fingerprint density at radius 2 is 1.52 bits per heavy atom. The van der Waals surface area contributed by atoms with E-state index in [4.69, 9.17) is 52.1 Å². The summed E-state index contributed by atoms with van der Waals surface area (Å²) in [6.45, 7) is 21.5. The first-order valence-corrected chi connectivity index (χ1v) is 29.6. The van der Waals surface area contributed by atoms with E-state index in [1.54, 1.807) is 57.2 Å². The molecule has 0 radical (unpaired) electrons. The van der Waals surface area contributed by atoms with Crippen LogP contribution in [0, 0.1) is 23.7 Å². The zero-order valence-corrected chi connectivity index (χ0v) is 51.6. The zero-order chi connectivity index (χ0) is 61.3. The van der Waals surface area contributed by atoms with Gasteiger partial charge in [0.2, 0.25) is 11.0 Å². The van der Waals surface area contributed by atoms with Crippen LogP contribution in [0.5, 0.6) is 0 Å². The van der Waals surface area contributed by atoms with Crippen LogP contribution in [0.15, 0.2) is 29.2 Å². The SMILES string of the molecule is CC[C@H]1OC(=O)[C@H](C)[C@@H](O[C@H]2C[C@@](C)(OC)[C@@H](OC(=O)CCOCCOCCCc3ccc4c(c3)c(=O)c(C(=O)O)cn4CC)[C@H](C)O2)[C@H](C)[C@@H](O[C@@H]2O[C@H](C)C[C@H](N(C)C)[C@H]2O)[C@](C)(OC)C[C@@H](C)C(=O)[C@H](C)C2N(C)C(=O)C23O[C@]13C. The molecule has 2 N–H and O–H groups in total. The number of fused-ring (bicyclic) bond motifs is 1. The van der Waals surface area contributed by atoms with Crippen molar-refractivity contribution in [1.82, 2.24) is 14.4 Å². The minimum atomic E-state index is -1.37. The number of likely N-dealkylation sites (tertiary alicyclic amines) is 1. The zero-order valence-electron chi connectivity index (χ0n) is 51.6. The molecule has 22 heteroatoms. The number of hydrogen-bond donors (Lipinski definition) is 2. The lowest BCUT2D eigenvalue weighted by Gasteiger charge is -2.50. The lowest BCUT2D eigenvalue weighted by atomic mass is 9.68. The monoisotopic (exact) mass is 1170 g/mol. The van der Waals surface area contributed by atoms with Crippen molar-refractivity contribution >= 4 is 40.5 Å². The largest absolute Gasteiger partial charge is 0.477 e. The van der Waals surface area contributed by atoms with Gasteiger partial charge in [-0.3, -0.25) is 24.0 Å². The summed E-state index contributed by atoms with van der Waals surface area (Å²) in [5.41, 5.74) is -4.28. The number of aliphatic hydroxyl groups excluding tert-OH is 1. The van der Waals surface area contributed by atoms with Crippen LogP contribution < -0.4 is 5.43 Å². The molecule has 83 heavy (non-hydrogen) atoms. The number of esters is 2. The minimum Gasteiger partial charge on any atom is -0.477 e. The molecule has 0 bridgehead atoms. The number of carbonyl (C=O) groups excluding carboxylic acids is 4. The molecule has 1 aromatic heterocycles. The van der Waals surface area contributed by atoms with E-state index in [2.05, 4.69) is 0 Å². The van der Waals surface area contributed by atoms with Gasteiger partial charge in [-0.15, -0.1) is 0 Å². The second-order valence-corrected chi connectivity index (χ2v) is 24.6. The number of carbonyl (C=O) groups is 5. The van der Waals surface area contributed by atoms with E-state index in [0.717, 1.165) is 5.56 Å². The number of hydrogen-bond acceptors (Lipinski definition) is 19. The fourth-order valence-corrected chi connectivity index (χ4v) is 13.8. The number of carboxylic acids is 1. The Kier molecular flexibility index (Phi) is 21.2. The van der Waals surface area contributed by atoms with Crippen molar-refractivity contribution in [2.24, 2.45) is 23.7 Å². The predicted octanol–water partition coefficient (Wildman–Crippen LogP) is 5.34. The first-order chi connectivity index (χ1) is 39.1. The molecule has 5 fully saturated rings. The predicted molar refractivity (Wildman–Crippen MR) is 302 cm³/mol. The molecule has 5 aliphatic rings. The number of methoxy groups -OCH3 is 2. The maximum Gasteiger partial charge on any atom is 0.341 e. The number of rotatable bonds is 21. The highest BCUT2D eigenvalue weighted by Gasteiger charge is 2.86. The Morgan fingerprint density at radius 1 is 0.855 bits per heavy atom. The Labute approximate surface area is 488 Å². The summed E-state index contributed by atoms with van der Waals surface area (Å²) >= 11 is 0. The number of likely N-dealkylation sites (N-methyl/N-ethyl adjacent to an activating group) is 2. The van der Waals surface area contributed by atoms with Crippen molar-refractivity contribution in [2.75, 3.05) is 61.8 Å². The summed E-state index contributed by atoms with van der Waals surface area (Å²) in [4.78, 5) is 85.1. The number of aliphatic hydroxyl groups is 1. The number of β-lactam (4-membered cyclic amide) rings is 1. The highest BCUT2D eigenvalue weighted by Crippen LogP contribution is 2.63. The molecule has 1 spiro atoms. The number of epoxide rings is 1. The lowest BCUT2D eigenvalue weighted by molar-refractivity contribution is -0.320. The van der Waals surface area contributed by atoms with E-state index in [0.29, 0.717) is 49.7 Å². The number of nitrogens with zero attached hydrogens (tertiary/aromatic N) is 3. The quantitative estimate of drug-likeness (QED) is 0.0692. The normalized spacial score (nSPS) is 37.9. The molecular formula is C61H93N3O19. The fourth-order valence-electron chi connectivity index (χ4n) is 13.8. The van der Waals surface area contributed by atoms with Gasteiger partial charge in [0.25, 0.3) is 5.91 Å². The van der Waals surface area contributed by atoms with Crippen LogP contribution in [0.3, 0.4) is 0 Å². The fraction of sp³-hybridized carbons (Fsp3) is 0.770. The molecule has 1 aromatic carbocycles. The minimum absolute atomic E-state index is 0.0433. The third-order valence-corrected chi connectivity index (χ3v) is 18.7. The first kappa shape index (κ1) is 66.1. The lowest BCUT2D eigenvalue weighted by Crippen LogP contribution is -2.72. The maximum atomic E-state index is 14.9. The highest BCUT2D eigenvalue weighted by molar-refractivity contribution is 6.00. The van der Waals surface area contributed by atoms with Crippen LogP contribution in [0.25, 0.3) is 10.9 Å². The summed E-state index contributed by atoms with van der Waals surface area (Å²) in [5, 5.41) is 21.8. The molecule has 2 aromatic rings. The maximum absolute atomic E-state index is 14.9. The number of benzene rings is 1. The molecule has 1 amide bonds. The summed E-state index contributed by atoms with van der Waals surface area (Å²) in [7, 11) is 8.46. The molecule has 0 aliphatic carbocycles. The Morgan fingerprint density at radius 3 is 2.14 bits per heavy atom. The van der Waals surface area contributed by atoms with E-state index in [-0.39, 0.29) is 68.5 Å². The van der Waals surface area contributed by atoms with Gasteiger partial charge in [0.1, 0.15) is 34.8 Å². The highest BCUT2D eigenvalue weighted by atomic mass is 16.7. The Bertz CT molecular complexity index is 2700. The van der Waals surface area contributed by atoms with E-state index in [1.165, 1.54) is 20.4 Å². The third-order valence-electron chi connectivity index (χ3n) is 18.7. The Hall–Kier alpha value is -4.46. The van der Waals surface area contributed by atoms with E-state index >= 15 is 0 Å². The molecule has 6 heterocycles. The molecule has 2 unspecified atom stereocenters. The average molecular weight is 1170 g/mol. The molecule has 466 valence electrons. The first-order valence-electron chi connectivity index (χ1n) is 29.6. The van der Waals surface area contributed by atoms with Gasteiger partial charge in [-0.25, -0.2) is 4.79 Å². The van der Waals surface area contributed by atoms with E-state index in [1.807, 2.05) is 72.7 Å². The van der Waals surface area contributed by atoms with Gasteiger partial charge in [0, 0.05) is 76.2 Å². The molecular weight excluding hydrogens is 1080 g/mol. The van der Waals surface area contributed by atoms with Crippen LogP contribution in [0.2, 0.25) is 0 Å². The van der Waals surface area contributed by atoms with Crippen molar-refractivity contribution in [3.05, 3.63) is 45.7 Å². The van der Waals surface area contributed by atoms with Gasteiger partial charge in [-0.2, -0.15) is 0 Å². The number of cyclic esters (lactones) is 1. The number of ether oxygens (including phenoxy) is 11. The molecule has 19 atom stereocenters. The van der Waals surface area contributed by atoms with Gasteiger partial charge < -0.3 is 76.7 Å². The van der Waals surface area contributed by atoms with Crippen LogP contribution in [0.1, 0.15) is 131 Å². The summed E-state index contributed by atoms with van der Waals surface area (Å²) in [6, 6.07) is 4.55. The molecule has 5 saturated heterocycles. The average Bonchev–Trinajstić information content (AvgIpc) is 1.50. The number of ketones is 1. The number of amides is 1. The summed E-state index contributed by atoms with van der Waals surface area (Å²) < 4.78 is 71.8. The standard InChI is InChI=1S/C61H93N3O19/c1-17-44-60(11)61(83-60)51(63(14)57(61)72)35(5)47(66)33(3)30-58(9,73-15)52(82-56-49(68)43(62(12)13)28-34(4)77-56)36(6)50(37(7)55(71)79-44)81-46-31-59(10,74-16)53(38(8)78-46)80-45(65)23-25-76-27-26-75-24-19-20-39-21-22-42-40(29-39)48(67)41(54(69)70)32-64(42)18-2/h21-22,29,32-38,43-44,46,49-53,56,68H,17-20,23-28,30-31H2,1-16H3,(H,69,70)/t33-,34-,35+,36+,37-,38+,43+,44-,46+,49-,50+,51?,52-,53+,56+,58-,59-,60-,61?/m1/s1. The topological polar surface area (TPSA) is 259 Å². The van der Waals surface area contributed by atoms with Crippen LogP contribution >= 0.6 is 0 Å². The molecule has 7 rings (SSSR count). The number of pyridine rings is 1. The van der Waals surface area contributed by atoms with Gasteiger partial charge in [0.15, 0.2) is 18.7 Å². The van der Waals surface area contributed by atoms with Crippen molar-refractivity contribution in [2.45, 2.75) is 217 Å². The second-order valence-electron chi connectivity index (χ2n) is 24.6. The second kappa shape index (κ2) is 26.7. The van der Waals surface area contributed by atoms with E-state index in [9.17, 15) is 39.0 Å². The van der Waals surface area contributed by atoms with Crippen LogP contribution in [-0.2, 0) is 84.2 Å². The van der Waals surface area contributed by atoms with Crippen molar-refractivity contribution in [3.63, 3.8) is 0 Å². The number of carboxylic acid groups (broad SMARTS) is 1. The molecule has 22 nitrogen and oxygen atoms in total. The number of aryl methyl sites for hydroxylation is 2. The van der Waals surface area contributed by atoms with Crippen LogP contribution in [0.4, 0.5) is 0 Å². The van der Waals surface area contributed by atoms with Gasteiger partial charge in [-0.1, -0.05) is 33.8 Å². The van der Waals surface area contributed by atoms with Crippen LogP contribution in [-0.4, -0.2) is 206 Å². The summed E-state index contributed by atoms with van der Waals surface area (Å²) in [5.74, 6) is -6.00. The number of aromatic nitrogens is 1. The Balaban J connectivity index is 1.03. The van der Waals surface area contributed by atoms with Gasteiger partial charge in [-0.05, 0) is 112 Å². The molecule has 0 saturated carbocycles. The smallest absolute Gasteiger partial charge is 0.341 e. The summed E-state index contributed by atoms with van der Waals surface area (Å²) in [6.07, 6.45) is -4.73. The number of Topliss-reactive ketones (excluding diaryl/α,β-unsaturated/α-hetero) is 1. The van der Waals surface area contributed by atoms with Gasteiger partial charge >= 0.3 is 17.9 Å². The van der Waals surface area contributed by atoms with Crippen molar-refractivity contribution in [3.8, 4) is 0 Å².